The lowest BCUT2D eigenvalue weighted by Gasteiger charge is -2.42. The van der Waals surface area contributed by atoms with Gasteiger partial charge < -0.3 is 15.2 Å². The monoisotopic (exact) mass is 306 g/mol. The van der Waals surface area contributed by atoms with Crippen LogP contribution < -0.4 is 5.32 Å². The zero-order chi connectivity index (χ0) is 16.0. The van der Waals surface area contributed by atoms with Gasteiger partial charge in [0.2, 0.25) is 5.91 Å². The number of likely N-dealkylation sites (N-methyl/N-ethyl adjacent to an activating group) is 1. The fraction of sp³-hybridized carbons (Fsp3) is 0.588. The number of hydrogen-bond acceptors (Lipinski definition) is 4. The minimum absolute atomic E-state index is 0.0231. The topological polar surface area (TPSA) is 61.8 Å². The summed E-state index contributed by atoms with van der Waals surface area (Å²) in [7, 11) is 1.90. The highest BCUT2D eigenvalue weighted by Gasteiger charge is 2.36. The second-order valence-corrected chi connectivity index (χ2v) is 6.05. The van der Waals surface area contributed by atoms with Gasteiger partial charge in [-0.3, -0.25) is 9.69 Å². The second kappa shape index (κ2) is 7.72. The number of ether oxygens (including phenoxy) is 1. The molecule has 1 aromatic rings. The highest BCUT2D eigenvalue weighted by Crippen LogP contribution is 2.26. The minimum atomic E-state index is -0.335. The van der Waals surface area contributed by atoms with Gasteiger partial charge in [-0.25, -0.2) is 0 Å². The Morgan fingerprint density at radius 2 is 2.05 bits per heavy atom. The predicted octanol–water partition coefficient (Wildman–Crippen LogP) is 1.08. The number of hydrogen-bond donors (Lipinski definition) is 2. The molecule has 1 fully saturated rings. The Bertz CT molecular complexity index is 498. The fourth-order valence-corrected chi connectivity index (χ4v) is 2.85. The maximum atomic E-state index is 12.2. The maximum Gasteiger partial charge on any atom is 0.234 e. The molecule has 1 aliphatic rings. The van der Waals surface area contributed by atoms with E-state index in [4.69, 9.17) is 4.74 Å². The van der Waals surface area contributed by atoms with E-state index in [-0.39, 0.29) is 24.6 Å². The SMILES string of the molecule is Cc1ccccc1CNC(=O)CN(C)C1(CO)CCOCC1. The van der Waals surface area contributed by atoms with Crippen LogP contribution in [-0.2, 0) is 16.1 Å². The van der Waals surface area contributed by atoms with Crippen molar-refractivity contribution in [3.05, 3.63) is 35.4 Å². The van der Waals surface area contributed by atoms with E-state index in [2.05, 4.69) is 5.32 Å². The lowest BCUT2D eigenvalue weighted by Crippen LogP contribution is -2.55. The molecule has 2 N–H and O–H groups in total. The van der Waals surface area contributed by atoms with Crippen LogP contribution >= 0.6 is 0 Å². The number of amides is 1. The normalized spacial score (nSPS) is 17.5. The Hall–Kier alpha value is -1.43. The van der Waals surface area contributed by atoms with Gasteiger partial charge in [0, 0.05) is 25.3 Å². The molecule has 0 saturated carbocycles. The van der Waals surface area contributed by atoms with Gasteiger partial charge in [-0.1, -0.05) is 24.3 Å². The molecule has 1 amide bonds. The highest BCUT2D eigenvalue weighted by atomic mass is 16.5. The number of aliphatic hydroxyl groups is 1. The van der Waals surface area contributed by atoms with Gasteiger partial charge in [0.1, 0.15) is 0 Å². The van der Waals surface area contributed by atoms with E-state index in [1.165, 1.54) is 5.56 Å². The molecule has 0 aromatic heterocycles. The summed E-state index contributed by atoms with van der Waals surface area (Å²) < 4.78 is 5.36. The first kappa shape index (κ1) is 16.9. The third-order valence-electron chi connectivity index (χ3n) is 4.65. The number of rotatable bonds is 6. The first-order valence-corrected chi connectivity index (χ1v) is 7.78. The van der Waals surface area contributed by atoms with Crippen LogP contribution in [0.25, 0.3) is 0 Å². The summed E-state index contributed by atoms with van der Waals surface area (Å²) >= 11 is 0. The molecule has 1 heterocycles. The number of carbonyl (C=O) groups excluding carboxylic acids is 1. The molecule has 0 radical (unpaired) electrons. The first-order chi connectivity index (χ1) is 10.6. The van der Waals surface area contributed by atoms with E-state index in [1.807, 2.05) is 43.1 Å². The van der Waals surface area contributed by atoms with E-state index in [0.717, 1.165) is 18.4 Å². The van der Waals surface area contributed by atoms with Gasteiger partial charge >= 0.3 is 0 Å². The summed E-state index contributed by atoms with van der Waals surface area (Å²) in [5, 5.41) is 12.7. The van der Waals surface area contributed by atoms with Crippen molar-refractivity contribution in [1.82, 2.24) is 10.2 Å². The van der Waals surface area contributed by atoms with Crippen LogP contribution in [0.1, 0.15) is 24.0 Å². The van der Waals surface area contributed by atoms with Gasteiger partial charge in [-0.2, -0.15) is 0 Å². The molecule has 5 nitrogen and oxygen atoms in total. The van der Waals surface area contributed by atoms with Crippen LogP contribution in [0, 0.1) is 6.92 Å². The maximum absolute atomic E-state index is 12.2. The fourth-order valence-electron chi connectivity index (χ4n) is 2.85. The van der Waals surface area contributed by atoms with E-state index >= 15 is 0 Å². The lowest BCUT2D eigenvalue weighted by atomic mass is 9.89. The summed E-state index contributed by atoms with van der Waals surface area (Å²) in [4.78, 5) is 14.1. The van der Waals surface area contributed by atoms with Crippen molar-refractivity contribution < 1.29 is 14.6 Å². The molecule has 0 bridgehead atoms. The van der Waals surface area contributed by atoms with Crippen molar-refractivity contribution in [2.75, 3.05) is 33.4 Å². The Kier molecular flexibility index (Phi) is 5.94. The summed E-state index contributed by atoms with van der Waals surface area (Å²) in [6.45, 7) is 4.18. The van der Waals surface area contributed by atoms with Gasteiger partial charge in [0.15, 0.2) is 0 Å². The van der Waals surface area contributed by atoms with Gasteiger partial charge in [0.05, 0.1) is 13.2 Å². The molecule has 0 atom stereocenters. The molecule has 1 aromatic carbocycles. The minimum Gasteiger partial charge on any atom is -0.394 e. The average molecular weight is 306 g/mol. The van der Waals surface area contributed by atoms with Gasteiger partial charge in [-0.15, -0.1) is 0 Å². The van der Waals surface area contributed by atoms with E-state index in [1.54, 1.807) is 0 Å². The molecule has 22 heavy (non-hydrogen) atoms. The first-order valence-electron chi connectivity index (χ1n) is 7.78. The van der Waals surface area contributed by atoms with Crippen LogP contribution in [0.5, 0.6) is 0 Å². The zero-order valence-corrected chi connectivity index (χ0v) is 13.5. The Labute approximate surface area is 132 Å². The van der Waals surface area contributed by atoms with Crippen LogP contribution in [-0.4, -0.2) is 54.9 Å². The van der Waals surface area contributed by atoms with Crippen molar-refractivity contribution in [3.8, 4) is 0 Å². The number of aliphatic hydroxyl groups excluding tert-OH is 1. The van der Waals surface area contributed by atoms with Crippen molar-refractivity contribution in [2.24, 2.45) is 0 Å². The molecule has 0 aliphatic carbocycles. The Morgan fingerprint density at radius 1 is 1.36 bits per heavy atom. The van der Waals surface area contributed by atoms with E-state index in [9.17, 15) is 9.90 Å². The van der Waals surface area contributed by atoms with Crippen LogP contribution in [0.15, 0.2) is 24.3 Å². The number of benzene rings is 1. The van der Waals surface area contributed by atoms with Gasteiger partial charge in [-0.05, 0) is 37.9 Å². The van der Waals surface area contributed by atoms with Crippen LogP contribution in [0.2, 0.25) is 0 Å². The van der Waals surface area contributed by atoms with Crippen LogP contribution in [0.4, 0.5) is 0 Å². The number of aryl methyl sites for hydroxylation is 1. The number of nitrogens with one attached hydrogen (secondary N) is 1. The molecule has 5 heteroatoms. The van der Waals surface area contributed by atoms with E-state index in [0.29, 0.717) is 19.8 Å². The van der Waals surface area contributed by atoms with Crippen molar-refractivity contribution in [3.63, 3.8) is 0 Å². The summed E-state index contributed by atoms with van der Waals surface area (Å²) in [6.07, 6.45) is 1.51. The second-order valence-electron chi connectivity index (χ2n) is 6.05. The third kappa shape index (κ3) is 4.06. The third-order valence-corrected chi connectivity index (χ3v) is 4.65. The quantitative estimate of drug-likeness (QED) is 0.826. The molecular formula is C17H26N2O3. The standard InChI is InChI=1S/C17H26N2O3/c1-14-5-3-4-6-15(14)11-18-16(21)12-19(2)17(13-20)7-9-22-10-8-17/h3-6,20H,7-13H2,1-2H3,(H,18,21). The molecule has 0 unspecified atom stereocenters. The molecular weight excluding hydrogens is 280 g/mol. The lowest BCUT2D eigenvalue weighted by molar-refractivity contribution is -0.125. The molecule has 1 saturated heterocycles. The number of carbonyl (C=O) groups is 1. The van der Waals surface area contributed by atoms with Gasteiger partial charge in [0.25, 0.3) is 0 Å². The zero-order valence-electron chi connectivity index (χ0n) is 13.5. The molecule has 0 spiro atoms. The largest absolute Gasteiger partial charge is 0.394 e. The highest BCUT2D eigenvalue weighted by molar-refractivity contribution is 5.78. The smallest absolute Gasteiger partial charge is 0.234 e. The summed E-state index contributed by atoms with van der Waals surface area (Å²) in [5.41, 5.74) is 1.96. The average Bonchev–Trinajstić information content (AvgIpc) is 2.54. The van der Waals surface area contributed by atoms with Crippen molar-refractivity contribution in [1.29, 1.82) is 0 Å². The summed E-state index contributed by atoms with van der Waals surface area (Å²) in [6, 6.07) is 8.03. The molecule has 122 valence electrons. The molecule has 1 aliphatic heterocycles. The van der Waals surface area contributed by atoms with Crippen molar-refractivity contribution >= 4 is 5.91 Å². The predicted molar refractivity (Wildman–Crippen MR) is 85.5 cm³/mol. The number of nitrogens with zero attached hydrogens (tertiary/aromatic N) is 1. The van der Waals surface area contributed by atoms with Crippen molar-refractivity contribution in [2.45, 2.75) is 31.8 Å². The Balaban J connectivity index is 1.87. The Morgan fingerprint density at radius 3 is 2.68 bits per heavy atom. The summed E-state index contributed by atoms with van der Waals surface area (Å²) in [5.74, 6) is -0.0231. The van der Waals surface area contributed by atoms with Crippen LogP contribution in [0.3, 0.4) is 0 Å². The molecule has 2 rings (SSSR count). The van der Waals surface area contributed by atoms with E-state index < -0.39 is 0 Å².